The highest BCUT2D eigenvalue weighted by molar-refractivity contribution is 5.98. The number of ether oxygens (including phenoxy) is 1. The minimum Gasteiger partial charge on any atom is -0.480 e. The summed E-state index contributed by atoms with van der Waals surface area (Å²) in [5.74, 6) is -0.801. The fourth-order valence-corrected chi connectivity index (χ4v) is 5.06. The Kier molecular flexibility index (Phi) is 7.93. The molecule has 182 valence electrons. The number of nitrogens with zero attached hydrogens (tertiary/aromatic N) is 2. The summed E-state index contributed by atoms with van der Waals surface area (Å²) in [5.41, 5.74) is 5.86. The number of hydrogen-bond donors (Lipinski definition) is 2. The van der Waals surface area contributed by atoms with Gasteiger partial charge in [-0.25, -0.2) is 4.79 Å². The summed E-state index contributed by atoms with van der Waals surface area (Å²) in [6.07, 6.45) is 12.6. The monoisotopic (exact) mass is 465 g/mol. The van der Waals surface area contributed by atoms with Gasteiger partial charge in [-0.3, -0.25) is 14.8 Å². The lowest BCUT2D eigenvalue weighted by Crippen LogP contribution is -2.42. The van der Waals surface area contributed by atoms with Gasteiger partial charge in [-0.2, -0.15) is 0 Å². The molecule has 0 bridgehead atoms. The zero-order valence-corrected chi connectivity index (χ0v) is 20.2. The number of aryl methyl sites for hydroxylation is 5. The first-order valence-corrected chi connectivity index (χ1v) is 12.4. The molecule has 2 aromatic heterocycles. The Bertz CT molecular complexity index is 1010. The van der Waals surface area contributed by atoms with Gasteiger partial charge in [0.15, 0.2) is 0 Å². The molecular formula is C27H35N3O4. The molecule has 1 amide bonds. The van der Waals surface area contributed by atoms with Gasteiger partial charge in [0.25, 0.3) is 5.91 Å². The number of hydrogen-bond acceptors (Lipinski definition) is 5. The number of nitrogens with one attached hydrogen (secondary N) is 1. The number of carbonyl (C=O) groups is 2. The van der Waals surface area contributed by atoms with Crippen LogP contribution in [0.2, 0.25) is 0 Å². The van der Waals surface area contributed by atoms with Crippen LogP contribution < -0.4 is 5.32 Å². The molecular weight excluding hydrogens is 430 g/mol. The summed E-state index contributed by atoms with van der Waals surface area (Å²) < 4.78 is 5.91. The van der Waals surface area contributed by atoms with Crippen LogP contribution in [0.5, 0.6) is 0 Å². The zero-order valence-electron chi connectivity index (χ0n) is 20.2. The van der Waals surface area contributed by atoms with E-state index in [4.69, 9.17) is 9.72 Å². The molecule has 1 atom stereocenters. The Morgan fingerprint density at radius 1 is 1.15 bits per heavy atom. The van der Waals surface area contributed by atoms with Gasteiger partial charge in [0.1, 0.15) is 6.04 Å². The highest BCUT2D eigenvalue weighted by Gasteiger charge is 2.30. The van der Waals surface area contributed by atoms with Crippen molar-refractivity contribution in [1.29, 1.82) is 0 Å². The molecule has 0 radical (unpaired) electrons. The number of aromatic nitrogens is 2. The van der Waals surface area contributed by atoms with Crippen LogP contribution in [-0.4, -0.2) is 45.7 Å². The fourth-order valence-electron chi connectivity index (χ4n) is 5.06. The number of carbonyl (C=O) groups excluding carboxylic acids is 1. The maximum atomic E-state index is 12.6. The van der Waals surface area contributed by atoms with Crippen LogP contribution >= 0.6 is 0 Å². The van der Waals surface area contributed by atoms with Crippen LogP contribution in [0, 0.1) is 19.8 Å². The topological polar surface area (TPSA) is 101 Å². The Morgan fingerprint density at radius 2 is 1.88 bits per heavy atom. The smallest absolute Gasteiger partial charge is 0.326 e. The van der Waals surface area contributed by atoms with Crippen LogP contribution in [-0.2, 0) is 28.8 Å². The van der Waals surface area contributed by atoms with Crippen LogP contribution in [0.25, 0.3) is 0 Å². The van der Waals surface area contributed by atoms with Crippen molar-refractivity contribution < 1.29 is 19.4 Å². The van der Waals surface area contributed by atoms with Gasteiger partial charge in [-0.05, 0) is 93.9 Å². The van der Waals surface area contributed by atoms with Crippen molar-refractivity contribution in [3.63, 3.8) is 0 Å². The number of aliphatic carboxylic acids is 1. The molecule has 0 unspecified atom stereocenters. The summed E-state index contributed by atoms with van der Waals surface area (Å²) in [7, 11) is 0. The van der Waals surface area contributed by atoms with E-state index in [1.807, 2.05) is 0 Å². The van der Waals surface area contributed by atoms with E-state index in [9.17, 15) is 14.7 Å². The van der Waals surface area contributed by atoms with E-state index < -0.39 is 12.0 Å². The Hall–Kier alpha value is -2.80. The number of carboxylic acids is 1. The lowest BCUT2D eigenvalue weighted by atomic mass is 9.79. The third-order valence-electron chi connectivity index (χ3n) is 7.15. The number of amides is 1. The van der Waals surface area contributed by atoms with E-state index in [-0.39, 0.29) is 18.4 Å². The summed E-state index contributed by atoms with van der Waals surface area (Å²) >= 11 is 0. The maximum absolute atomic E-state index is 12.6. The molecule has 1 saturated carbocycles. The van der Waals surface area contributed by atoms with Crippen molar-refractivity contribution in [2.75, 3.05) is 6.61 Å². The number of fused-ring (bicyclic) bond motifs is 1. The van der Waals surface area contributed by atoms with Crippen molar-refractivity contribution in [1.82, 2.24) is 15.3 Å². The number of pyridine rings is 2. The minimum atomic E-state index is -1.05. The third kappa shape index (κ3) is 6.00. The third-order valence-corrected chi connectivity index (χ3v) is 7.15. The summed E-state index contributed by atoms with van der Waals surface area (Å²) in [6, 6.07) is 3.47. The van der Waals surface area contributed by atoms with E-state index in [1.54, 1.807) is 26.2 Å². The van der Waals surface area contributed by atoms with Crippen molar-refractivity contribution in [3.8, 4) is 0 Å². The van der Waals surface area contributed by atoms with Gasteiger partial charge in [-0.1, -0.05) is 6.07 Å². The average molecular weight is 466 g/mol. The fraction of sp³-hybridized carbons (Fsp3) is 0.556. The van der Waals surface area contributed by atoms with Gasteiger partial charge in [0.2, 0.25) is 0 Å². The molecule has 0 aliphatic heterocycles. The molecule has 34 heavy (non-hydrogen) atoms. The second-order valence-electron chi connectivity index (χ2n) is 9.79. The quantitative estimate of drug-likeness (QED) is 0.551. The Balaban J connectivity index is 1.17. The van der Waals surface area contributed by atoms with E-state index in [2.05, 4.69) is 22.4 Å². The Labute approximate surface area is 201 Å². The summed E-state index contributed by atoms with van der Waals surface area (Å²) in [5, 5.41) is 12.2. The van der Waals surface area contributed by atoms with Crippen LogP contribution in [0.15, 0.2) is 24.5 Å². The number of carboxylic acid groups (broad SMARTS) is 1. The lowest BCUT2D eigenvalue weighted by Gasteiger charge is -2.35. The van der Waals surface area contributed by atoms with E-state index in [0.29, 0.717) is 18.1 Å². The van der Waals surface area contributed by atoms with Gasteiger partial charge in [-0.15, -0.1) is 0 Å². The maximum Gasteiger partial charge on any atom is 0.326 e. The molecule has 0 saturated heterocycles. The zero-order chi connectivity index (χ0) is 24.1. The van der Waals surface area contributed by atoms with Gasteiger partial charge < -0.3 is 15.2 Å². The van der Waals surface area contributed by atoms with Gasteiger partial charge >= 0.3 is 5.97 Å². The van der Waals surface area contributed by atoms with Crippen molar-refractivity contribution in [3.05, 3.63) is 58.2 Å². The molecule has 4 rings (SSSR count). The average Bonchev–Trinajstić information content (AvgIpc) is 2.78. The molecule has 7 heteroatoms. The second kappa shape index (κ2) is 11.1. The van der Waals surface area contributed by atoms with Crippen LogP contribution in [0.4, 0.5) is 0 Å². The normalized spacial score (nSPS) is 20.2. The first-order valence-electron chi connectivity index (χ1n) is 12.4. The molecule has 0 aromatic carbocycles. The highest BCUT2D eigenvalue weighted by Crippen LogP contribution is 2.34. The molecule has 2 aromatic rings. The van der Waals surface area contributed by atoms with Gasteiger partial charge in [0.05, 0.1) is 6.10 Å². The van der Waals surface area contributed by atoms with Crippen molar-refractivity contribution in [2.45, 2.75) is 83.8 Å². The highest BCUT2D eigenvalue weighted by atomic mass is 16.5. The predicted octanol–water partition coefficient (Wildman–Crippen LogP) is 3.97. The standard InChI is InChI=1S/C27H35N3O4/c1-17-15-28-16-18(2)25(17)26(31)30-24(27(32)33)11-12-34-22-13-19(14-22)7-9-21-10-8-20-5-3-4-6-23(20)29-21/h8,10,15-16,19,22,24H,3-7,9,11-14H2,1-2H3,(H,30,31)(H,32,33)/t19?,22?,24-/m0/s1. The van der Waals surface area contributed by atoms with Gasteiger partial charge in [0, 0.05) is 42.4 Å². The Morgan fingerprint density at radius 3 is 2.62 bits per heavy atom. The molecule has 2 heterocycles. The van der Waals surface area contributed by atoms with Crippen LogP contribution in [0.3, 0.4) is 0 Å². The van der Waals surface area contributed by atoms with E-state index in [0.717, 1.165) is 43.2 Å². The molecule has 0 spiro atoms. The summed E-state index contributed by atoms with van der Waals surface area (Å²) in [6.45, 7) is 3.90. The molecule has 2 aliphatic carbocycles. The first kappa shape index (κ1) is 24.3. The minimum absolute atomic E-state index is 0.177. The predicted molar refractivity (Wildman–Crippen MR) is 129 cm³/mol. The first-order chi connectivity index (χ1) is 16.4. The largest absolute Gasteiger partial charge is 0.480 e. The van der Waals surface area contributed by atoms with Crippen LogP contribution in [0.1, 0.15) is 77.0 Å². The molecule has 7 nitrogen and oxygen atoms in total. The molecule has 1 fully saturated rings. The lowest BCUT2D eigenvalue weighted by molar-refractivity contribution is -0.140. The summed E-state index contributed by atoms with van der Waals surface area (Å²) in [4.78, 5) is 33.2. The van der Waals surface area contributed by atoms with Crippen molar-refractivity contribution >= 4 is 11.9 Å². The van der Waals surface area contributed by atoms with Crippen molar-refractivity contribution in [2.24, 2.45) is 5.92 Å². The van der Waals surface area contributed by atoms with E-state index >= 15 is 0 Å². The van der Waals surface area contributed by atoms with E-state index in [1.165, 1.54) is 36.2 Å². The second-order valence-corrected chi connectivity index (χ2v) is 9.79. The number of rotatable bonds is 10. The molecule has 2 N–H and O–H groups in total. The molecule has 2 aliphatic rings. The SMILES string of the molecule is Cc1cncc(C)c1C(=O)N[C@@H](CCOC1CC(CCc2ccc3c(n2)CCCC3)C1)C(=O)O.